The number of amides is 1. The van der Waals surface area contributed by atoms with Gasteiger partial charge >= 0.3 is 6.01 Å². The van der Waals surface area contributed by atoms with Crippen molar-refractivity contribution >= 4 is 11.9 Å². The average molecular weight is 421 g/mol. The zero-order valence-corrected chi connectivity index (χ0v) is 18.2. The topological polar surface area (TPSA) is 80.5 Å². The monoisotopic (exact) mass is 420 g/mol. The van der Waals surface area contributed by atoms with Gasteiger partial charge in [0.15, 0.2) is 0 Å². The van der Waals surface area contributed by atoms with Crippen molar-refractivity contribution < 1.29 is 13.9 Å². The van der Waals surface area contributed by atoms with E-state index in [1.165, 1.54) is 5.56 Å². The molecular weight excluding hydrogens is 392 g/mol. The van der Waals surface area contributed by atoms with Crippen LogP contribution in [0.1, 0.15) is 36.9 Å². The maximum absolute atomic E-state index is 12.8. The molecule has 1 fully saturated rings. The molecule has 1 aromatic heterocycles. The van der Waals surface area contributed by atoms with Gasteiger partial charge in [-0.05, 0) is 56.5 Å². The molecule has 162 valence electrons. The van der Waals surface area contributed by atoms with Gasteiger partial charge in [0.2, 0.25) is 11.8 Å². The molecular formula is C24H28N4O3. The Morgan fingerprint density at radius 1 is 1.10 bits per heavy atom. The van der Waals surface area contributed by atoms with Gasteiger partial charge in [0.1, 0.15) is 5.75 Å². The summed E-state index contributed by atoms with van der Waals surface area (Å²) in [5, 5.41) is 11.5. The highest BCUT2D eigenvalue weighted by atomic mass is 16.5. The van der Waals surface area contributed by atoms with Crippen molar-refractivity contribution in [3.05, 3.63) is 59.7 Å². The maximum atomic E-state index is 12.8. The summed E-state index contributed by atoms with van der Waals surface area (Å²) in [7, 11) is 1.64. The molecule has 1 aliphatic heterocycles. The summed E-state index contributed by atoms with van der Waals surface area (Å²) in [5.74, 6) is 1.40. The Morgan fingerprint density at radius 3 is 2.42 bits per heavy atom. The van der Waals surface area contributed by atoms with Gasteiger partial charge < -0.3 is 19.4 Å². The van der Waals surface area contributed by atoms with E-state index in [-0.39, 0.29) is 17.9 Å². The molecule has 1 N–H and O–H groups in total. The van der Waals surface area contributed by atoms with E-state index in [4.69, 9.17) is 9.15 Å². The zero-order chi connectivity index (χ0) is 21.8. The molecule has 2 heterocycles. The summed E-state index contributed by atoms with van der Waals surface area (Å²) in [6.07, 6.45) is 1.51. The molecule has 1 amide bonds. The van der Waals surface area contributed by atoms with Crippen molar-refractivity contribution in [2.24, 2.45) is 5.92 Å². The number of carbonyl (C=O) groups is 1. The van der Waals surface area contributed by atoms with Crippen molar-refractivity contribution in [2.75, 3.05) is 25.1 Å². The molecule has 31 heavy (non-hydrogen) atoms. The Bertz CT molecular complexity index is 1010. The number of anilines is 1. The third-order valence-corrected chi connectivity index (χ3v) is 5.82. The number of rotatable bonds is 6. The van der Waals surface area contributed by atoms with Gasteiger partial charge in [-0.1, -0.05) is 34.9 Å². The fourth-order valence-corrected chi connectivity index (χ4v) is 3.80. The second-order valence-electron chi connectivity index (χ2n) is 8.02. The first-order valence-electron chi connectivity index (χ1n) is 10.6. The predicted molar refractivity (Wildman–Crippen MR) is 119 cm³/mol. The van der Waals surface area contributed by atoms with Gasteiger partial charge in [-0.3, -0.25) is 4.79 Å². The van der Waals surface area contributed by atoms with E-state index < -0.39 is 0 Å². The molecule has 1 saturated heterocycles. The van der Waals surface area contributed by atoms with Crippen LogP contribution < -0.4 is 15.0 Å². The van der Waals surface area contributed by atoms with Crippen molar-refractivity contribution in [3.63, 3.8) is 0 Å². The summed E-state index contributed by atoms with van der Waals surface area (Å²) in [5.41, 5.74) is 3.15. The quantitative estimate of drug-likeness (QED) is 0.645. The van der Waals surface area contributed by atoms with Gasteiger partial charge in [-0.25, -0.2) is 0 Å². The van der Waals surface area contributed by atoms with Gasteiger partial charge in [0.25, 0.3) is 0 Å². The Labute approximate surface area is 182 Å². The number of carbonyl (C=O) groups excluding carboxylic acids is 1. The van der Waals surface area contributed by atoms with Crippen LogP contribution >= 0.6 is 0 Å². The fraction of sp³-hybridized carbons (Fsp3) is 0.375. The van der Waals surface area contributed by atoms with Crippen LogP contribution in [0.5, 0.6) is 5.75 Å². The second kappa shape index (κ2) is 9.20. The minimum Gasteiger partial charge on any atom is -0.497 e. The molecule has 7 nitrogen and oxygen atoms in total. The van der Waals surface area contributed by atoms with E-state index in [2.05, 4.69) is 20.4 Å². The number of nitrogens with zero attached hydrogens (tertiary/aromatic N) is 3. The van der Waals surface area contributed by atoms with E-state index in [1.807, 2.05) is 62.4 Å². The molecule has 4 rings (SSSR count). The van der Waals surface area contributed by atoms with Gasteiger partial charge in [0, 0.05) is 24.6 Å². The van der Waals surface area contributed by atoms with Crippen molar-refractivity contribution in [2.45, 2.75) is 32.7 Å². The molecule has 7 heteroatoms. The minimum absolute atomic E-state index is 0.0172. The molecule has 2 aromatic carbocycles. The average Bonchev–Trinajstić information content (AvgIpc) is 3.30. The summed E-state index contributed by atoms with van der Waals surface area (Å²) in [4.78, 5) is 14.8. The van der Waals surface area contributed by atoms with Crippen LogP contribution in [0, 0.1) is 12.8 Å². The Morgan fingerprint density at radius 2 is 1.77 bits per heavy atom. The van der Waals surface area contributed by atoms with Crippen LogP contribution in [0.15, 0.2) is 52.9 Å². The number of methoxy groups -OCH3 is 1. The standard InChI is InChI=1S/C24H28N4O3/c1-16-4-6-20(7-5-16)23-26-27-24(31-23)28-14-12-19(13-15-28)22(29)25-17(2)18-8-10-21(30-3)11-9-18/h4-11,17,19H,12-15H2,1-3H3,(H,25,29)/t17-/m1/s1. The summed E-state index contributed by atoms with van der Waals surface area (Å²) in [6.45, 7) is 5.47. The number of hydrogen-bond donors (Lipinski definition) is 1. The lowest BCUT2D eigenvalue weighted by Crippen LogP contribution is -2.41. The van der Waals surface area contributed by atoms with Gasteiger partial charge in [0.05, 0.1) is 13.2 Å². The van der Waals surface area contributed by atoms with Gasteiger partial charge in [-0.2, -0.15) is 0 Å². The van der Waals surface area contributed by atoms with Crippen LogP contribution in [0.2, 0.25) is 0 Å². The highest BCUT2D eigenvalue weighted by Crippen LogP contribution is 2.27. The number of ether oxygens (including phenoxy) is 1. The molecule has 0 aliphatic carbocycles. The molecule has 1 atom stereocenters. The lowest BCUT2D eigenvalue weighted by Gasteiger charge is -2.30. The van der Waals surface area contributed by atoms with E-state index in [9.17, 15) is 4.79 Å². The highest BCUT2D eigenvalue weighted by molar-refractivity contribution is 5.79. The summed E-state index contributed by atoms with van der Waals surface area (Å²) < 4.78 is 11.1. The number of piperidine rings is 1. The number of aromatic nitrogens is 2. The number of hydrogen-bond acceptors (Lipinski definition) is 6. The normalized spacial score (nSPS) is 15.5. The third-order valence-electron chi connectivity index (χ3n) is 5.82. The Balaban J connectivity index is 1.31. The van der Waals surface area contributed by atoms with Crippen LogP contribution in [0.25, 0.3) is 11.5 Å². The summed E-state index contributed by atoms with van der Waals surface area (Å²) in [6, 6.07) is 16.2. The Hall–Kier alpha value is -3.35. The van der Waals surface area contributed by atoms with Gasteiger partial charge in [-0.15, -0.1) is 5.10 Å². The molecule has 0 saturated carbocycles. The van der Waals surface area contributed by atoms with Crippen LogP contribution in [0.4, 0.5) is 6.01 Å². The second-order valence-corrected chi connectivity index (χ2v) is 8.02. The fourth-order valence-electron chi connectivity index (χ4n) is 3.80. The molecule has 0 unspecified atom stereocenters. The first-order chi connectivity index (χ1) is 15.0. The number of nitrogens with one attached hydrogen (secondary N) is 1. The predicted octanol–water partition coefficient (Wildman–Crippen LogP) is 4.15. The largest absolute Gasteiger partial charge is 0.497 e. The molecule has 1 aliphatic rings. The van der Waals surface area contributed by atoms with Crippen molar-refractivity contribution in [1.82, 2.24) is 15.5 Å². The number of aryl methyl sites for hydroxylation is 1. The smallest absolute Gasteiger partial charge is 0.318 e. The molecule has 0 bridgehead atoms. The van der Waals surface area contributed by atoms with E-state index in [0.717, 1.165) is 29.7 Å². The van der Waals surface area contributed by atoms with Crippen LogP contribution in [-0.4, -0.2) is 36.3 Å². The van der Waals surface area contributed by atoms with Crippen molar-refractivity contribution in [1.29, 1.82) is 0 Å². The van der Waals surface area contributed by atoms with Crippen molar-refractivity contribution in [3.8, 4) is 17.2 Å². The van der Waals surface area contributed by atoms with Crippen LogP contribution in [0.3, 0.4) is 0 Å². The summed E-state index contributed by atoms with van der Waals surface area (Å²) >= 11 is 0. The molecule has 3 aromatic rings. The maximum Gasteiger partial charge on any atom is 0.318 e. The minimum atomic E-state index is -0.0514. The van der Waals surface area contributed by atoms with E-state index >= 15 is 0 Å². The number of benzene rings is 2. The zero-order valence-electron chi connectivity index (χ0n) is 18.2. The first kappa shape index (κ1) is 20.9. The van der Waals surface area contributed by atoms with Crippen LogP contribution in [-0.2, 0) is 4.79 Å². The first-order valence-corrected chi connectivity index (χ1v) is 10.6. The highest BCUT2D eigenvalue weighted by Gasteiger charge is 2.28. The lowest BCUT2D eigenvalue weighted by molar-refractivity contribution is -0.126. The molecule has 0 spiro atoms. The molecule has 0 radical (unpaired) electrons. The third kappa shape index (κ3) is 4.87. The Kier molecular flexibility index (Phi) is 6.21. The SMILES string of the molecule is COc1ccc([C@@H](C)NC(=O)C2CCN(c3nnc(-c4ccc(C)cc4)o3)CC2)cc1. The lowest BCUT2D eigenvalue weighted by atomic mass is 9.95. The van der Waals surface area contributed by atoms with E-state index in [0.29, 0.717) is 25.0 Å². The van der Waals surface area contributed by atoms with E-state index in [1.54, 1.807) is 7.11 Å².